The zero-order chi connectivity index (χ0) is 38.9. The van der Waals surface area contributed by atoms with E-state index in [0.29, 0.717) is 59.8 Å². The monoisotopic (exact) mass is 755 g/mol. The molecule has 304 valence electrons. The van der Waals surface area contributed by atoms with Crippen molar-refractivity contribution >= 4 is 9.84 Å². The highest BCUT2D eigenvalue weighted by atomic mass is 32.2. The van der Waals surface area contributed by atoms with E-state index < -0.39 is 9.84 Å². The molecule has 5 heteroatoms. The van der Waals surface area contributed by atoms with Crippen LogP contribution in [0.3, 0.4) is 0 Å². The summed E-state index contributed by atoms with van der Waals surface area (Å²) in [5.74, 6) is 0.697. The Morgan fingerprint density at radius 3 is 0.868 bits per heavy atom. The lowest BCUT2D eigenvalue weighted by atomic mass is 9.91. The van der Waals surface area contributed by atoms with Gasteiger partial charge in [0.1, 0.15) is 11.5 Å². The van der Waals surface area contributed by atoms with E-state index in [0.717, 1.165) is 187 Å². The number of hydrogen-bond donors (Lipinski definition) is 2. The molecule has 0 bridgehead atoms. The van der Waals surface area contributed by atoms with Gasteiger partial charge in [-0.3, -0.25) is 0 Å². The summed E-state index contributed by atoms with van der Waals surface area (Å²) in [4.78, 5) is 0.856. The number of phenolic OH excluding ortho intramolecular Hbond substituents is 2. The zero-order valence-corrected chi connectivity index (χ0v) is 36.3. The number of unbranched alkanes of at least 4 members (excludes halogenated alkanes) is 18. The van der Waals surface area contributed by atoms with Gasteiger partial charge in [0, 0.05) is 0 Å². The number of sulfone groups is 1. The van der Waals surface area contributed by atoms with Crippen molar-refractivity contribution in [1.82, 2.24) is 0 Å². The number of hydrogen-bond acceptors (Lipinski definition) is 4. The minimum atomic E-state index is -3.97. The molecule has 0 aliphatic rings. The quantitative estimate of drug-likeness (QED) is 0.0729. The predicted octanol–water partition coefficient (Wildman–Crippen LogP) is 14.7. The lowest BCUT2D eigenvalue weighted by Gasteiger charge is -2.24. The number of benzene rings is 2. The van der Waals surface area contributed by atoms with Crippen molar-refractivity contribution in [2.45, 2.75) is 244 Å². The third-order valence-electron chi connectivity index (χ3n) is 11.4. The fourth-order valence-corrected chi connectivity index (χ4v) is 9.99. The average molecular weight is 755 g/mol. The summed E-state index contributed by atoms with van der Waals surface area (Å²) in [6, 6.07) is 3.77. The van der Waals surface area contributed by atoms with E-state index >= 15 is 8.42 Å². The highest BCUT2D eigenvalue weighted by molar-refractivity contribution is 7.91. The summed E-state index contributed by atoms with van der Waals surface area (Å²) in [7, 11) is -3.97. The fraction of sp³-hybridized carbons (Fsp3) is 0.750. The standard InChI is InChI=1S/C48H82O4S/c1-7-13-19-25-31-39-37-45(41(33-27-21-15-9-3)43(47(39)49)35-29-23-17-11-5)53(51,52)46-38-40(32-26-20-14-8-2)48(50)44(36-30-24-18-12-6)42(46)34-28-22-16-10-4/h37-38,49-50H,7-36H2,1-6H3. The molecule has 0 aliphatic heterocycles. The number of rotatable bonds is 32. The Kier molecular flexibility index (Phi) is 24.5. The van der Waals surface area contributed by atoms with E-state index in [1.54, 1.807) is 0 Å². The van der Waals surface area contributed by atoms with Crippen molar-refractivity contribution in [3.05, 3.63) is 45.5 Å². The first-order valence-corrected chi connectivity index (χ1v) is 24.2. The van der Waals surface area contributed by atoms with Gasteiger partial charge in [0.15, 0.2) is 0 Å². The van der Waals surface area contributed by atoms with Crippen LogP contribution < -0.4 is 0 Å². The molecule has 2 N–H and O–H groups in total. The average Bonchev–Trinajstić information content (AvgIpc) is 3.15. The second-order valence-corrected chi connectivity index (χ2v) is 17.9. The fourth-order valence-electron chi connectivity index (χ4n) is 8.06. The van der Waals surface area contributed by atoms with Gasteiger partial charge in [-0.25, -0.2) is 8.42 Å². The molecule has 0 heterocycles. The molecule has 0 fully saturated rings. The van der Waals surface area contributed by atoms with Crippen LogP contribution in [-0.2, 0) is 48.4 Å². The van der Waals surface area contributed by atoms with E-state index in [9.17, 15) is 10.2 Å². The number of aromatic hydroxyl groups is 2. The van der Waals surface area contributed by atoms with Crippen molar-refractivity contribution in [3.63, 3.8) is 0 Å². The van der Waals surface area contributed by atoms with Crippen molar-refractivity contribution in [2.24, 2.45) is 0 Å². The van der Waals surface area contributed by atoms with Crippen LogP contribution in [0.2, 0.25) is 0 Å². The van der Waals surface area contributed by atoms with Crippen LogP contribution in [0.4, 0.5) is 0 Å². The van der Waals surface area contributed by atoms with Crippen LogP contribution in [0.25, 0.3) is 0 Å². The van der Waals surface area contributed by atoms with Crippen molar-refractivity contribution in [2.75, 3.05) is 0 Å². The predicted molar refractivity (Wildman–Crippen MR) is 229 cm³/mol. The van der Waals surface area contributed by atoms with Crippen LogP contribution in [0.15, 0.2) is 21.9 Å². The Balaban J connectivity index is 2.94. The third kappa shape index (κ3) is 15.6. The molecular weight excluding hydrogens is 673 g/mol. The van der Waals surface area contributed by atoms with Gasteiger partial charge < -0.3 is 10.2 Å². The molecule has 0 amide bonds. The molecule has 2 aromatic carbocycles. The first-order chi connectivity index (χ1) is 25.7. The minimum absolute atomic E-state index is 0.348. The van der Waals surface area contributed by atoms with Crippen LogP contribution in [0.5, 0.6) is 11.5 Å². The van der Waals surface area contributed by atoms with Crippen molar-refractivity contribution in [1.29, 1.82) is 0 Å². The van der Waals surface area contributed by atoms with E-state index in [4.69, 9.17) is 0 Å². The second-order valence-electron chi connectivity index (χ2n) is 16.0. The van der Waals surface area contributed by atoms with Crippen molar-refractivity contribution < 1.29 is 18.6 Å². The van der Waals surface area contributed by atoms with Crippen LogP contribution in [0, 0.1) is 0 Å². The molecule has 0 radical (unpaired) electrons. The first-order valence-electron chi connectivity index (χ1n) is 22.7. The van der Waals surface area contributed by atoms with Crippen molar-refractivity contribution in [3.8, 4) is 11.5 Å². The largest absolute Gasteiger partial charge is 0.507 e. The molecule has 0 saturated carbocycles. The Bertz CT molecular complexity index is 1290. The number of phenols is 2. The van der Waals surface area contributed by atoms with Gasteiger partial charge in [-0.1, -0.05) is 157 Å². The summed E-state index contributed by atoms with van der Waals surface area (Å²) in [5, 5.41) is 23.9. The normalized spacial score (nSPS) is 11.9. The molecule has 0 unspecified atom stereocenters. The summed E-state index contributed by atoms with van der Waals surface area (Å²) in [6.07, 6.45) is 29.8. The molecule has 53 heavy (non-hydrogen) atoms. The molecule has 0 spiro atoms. The van der Waals surface area contributed by atoms with E-state index in [2.05, 4.69) is 41.5 Å². The minimum Gasteiger partial charge on any atom is -0.507 e. The lowest BCUT2D eigenvalue weighted by molar-refractivity contribution is 0.454. The maximum absolute atomic E-state index is 15.6. The summed E-state index contributed by atoms with van der Waals surface area (Å²) >= 11 is 0. The molecule has 0 atom stereocenters. The van der Waals surface area contributed by atoms with E-state index in [-0.39, 0.29) is 0 Å². The van der Waals surface area contributed by atoms with Gasteiger partial charge in [-0.05, 0) is 123 Å². The van der Waals surface area contributed by atoms with Crippen LogP contribution in [0.1, 0.15) is 229 Å². The van der Waals surface area contributed by atoms with Gasteiger partial charge in [-0.2, -0.15) is 0 Å². The van der Waals surface area contributed by atoms with Gasteiger partial charge in [-0.15, -0.1) is 0 Å². The Morgan fingerprint density at radius 2 is 0.604 bits per heavy atom. The molecule has 4 nitrogen and oxygen atoms in total. The van der Waals surface area contributed by atoms with Crippen LogP contribution >= 0.6 is 0 Å². The Hall–Kier alpha value is -2.01. The lowest BCUT2D eigenvalue weighted by Crippen LogP contribution is -2.15. The van der Waals surface area contributed by atoms with E-state index in [1.807, 2.05) is 12.1 Å². The van der Waals surface area contributed by atoms with Gasteiger partial charge in [0.05, 0.1) is 9.79 Å². The topological polar surface area (TPSA) is 74.6 Å². The van der Waals surface area contributed by atoms with Gasteiger partial charge >= 0.3 is 0 Å². The molecular formula is C48H82O4S. The SMILES string of the molecule is CCCCCCc1cc(S(=O)(=O)c2cc(CCCCCC)c(O)c(CCCCCC)c2CCCCCC)c(CCCCCC)c(CCCCCC)c1O. The first kappa shape index (κ1) is 47.1. The van der Waals surface area contributed by atoms with E-state index in [1.165, 1.54) is 0 Å². The van der Waals surface area contributed by atoms with Gasteiger partial charge in [0.2, 0.25) is 9.84 Å². The number of aryl methyl sites for hydroxylation is 2. The third-order valence-corrected chi connectivity index (χ3v) is 13.3. The maximum atomic E-state index is 15.6. The molecule has 2 aromatic rings. The summed E-state index contributed by atoms with van der Waals surface area (Å²) < 4.78 is 31.3. The highest BCUT2D eigenvalue weighted by Gasteiger charge is 2.31. The second kappa shape index (κ2) is 27.6. The molecule has 0 saturated heterocycles. The maximum Gasteiger partial charge on any atom is 0.207 e. The van der Waals surface area contributed by atoms with Crippen LogP contribution in [-0.4, -0.2) is 18.6 Å². The zero-order valence-electron chi connectivity index (χ0n) is 35.5. The Labute approximate surface area is 328 Å². The summed E-state index contributed by atoms with van der Waals surface area (Å²) in [5.41, 5.74) is 5.06. The molecule has 0 aromatic heterocycles. The molecule has 2 rings (SSSR count). The smallest absolute Gasteiger partial charge is 0.207 e. The molecule has 0 aliphatic carbocycles. The summed E-state index contributed by atoms with van der Waals surface area (Å²) in [6.45, 7) is 13.3. The Morgan fingerprint density at radius 1 is 0.358 bits per heavy atom. The highest BCUT2D eigenvalue weighted by Crippen LogP contribution is 2.42. The van der Waals surface area contributed by atoms with Gasteiger partial charge in [0.25, 0.3) is 0 Å².